The Kier molecular flexibility index (Phi) is 4.57. The molecule has 0 spiro atoms. The number of rotatable bonds is 4. The van der Waals surface area contributed by atoms with E-state index < -0.39 is 0 Å². The SMILES string of the molecule is Cn1cc(-c2ccc3nnc(NC(=O)CN4CCCCC4)cc3c2)nn1. The van der Waals surface area contributed by atoms with Gasteiger partial charge in [-0.2, -0.15) is 0 Å². The highest BCUT2D eigenvalue weighted by Gasteiger charge is 2.14. The first-order valence-corrected chi connectivity index (χ1v) is 8.84. The van der Waals surface area contributed by atoms with Crippen molar-refractivity contribution in [2.45, 2.75) is 19.3 Å². The van der Waals surface area contributed by atoms with Gasteiger partial charge >= 0.3 is 0 Å². The van der Waals surface area contributed by atoms with Crippen LogP contribution in [0, 0.1) is 0 Å². The molecule has 4 rings (SSSR count). The highest BCUT2D eigenvalue weighted by atomic mass is 16.2. The summed E-state index contributed by atoms with van der Waals surface area (Å²) in [7, 11) is 1.83. The summed E-state index contributed by atoms with van der Waals surface area (Å²) in [4.78, 5) is 14.4. The second-order valence-corrected chi connectivity index (χ2v) is 6.67. The van der Waals surface area contributed by atoms with E-state index in [9.17, 15) is 4.79 Å². The van der Waals surface area contributed by atoms with Crippen molar-refractivity contribution in [1.29, 1.82) is 0 Å². The van der Waals surface area contributed by atoms with Crippen LogP contribution in [0.15, 0.2) is 30.5 Å². The minimum Gasteiger partial charge on any atom is -0.308 e. The van der Waals surface area contributed by atoms with E-state index in [0.717, 1.165) is 48.1 Å². The predicted molar refractivity (Wildman–Crippen MR) is 98.5 cm³/mol. The van der Waals surface area contributed by atoms with Crippen LogP contribution in [-0.4, -0.2) is 55.6 Å². The molecule has 134 valence electrons. The molecule has 0 bridgehead atoms. The van der Waals surface area contributed by atoms with Gasteiger partial charge in [0, 0.05) is 18.0 Å². The number of aryl methyl sites for hydroxylation is 1. The van der Waals surface area contributed by atoms with Crippen LogP contribution in [0.3, 0.4) is 0 Å². The average molecular weight is 351 g/mol. The van der Waals surface area contributed by atoms with Gasteiger partial charge in [0.05, 0.1) is 18.3 Å². The number of carbonyl (C=O) groups is 1. The number of anilines is 1. The highest BCUT2D eigenvalue weighted by molar-refractivity contribution is 5.93. The van der Waals surface area contributed by atoms with Crippen molar-refractivity contribution >= 4 is 22.6 Å². The summed E-state index contributed by atoms with van der Waals surface area (Å²) < 4.78 is 1.66. The molecule has 3 aromatic rings. The zero-order valence-electron chi connectivity index (χ0n) is 14.7. The lowest BCUT2D eigenvalue weighted by molar-refractivity contribution is -0.117. The van der Waals surface area contributed by atoms with E-state index in [-0.39, 0.29) is 5.91 Å². The fourth-order valence-electron chi connectivity index (χ4n) is 3.25. The molecule has 1 N–H and O–H groups in total. The third kappa shape index (κ3) is 3.70. The van der Waals surface area contributed by atoms with Crippen LogP contribution in [-0.2, 0) is 11.8 Å². The van der Waals surface area contributed by atoms with E-state index >= 15 is 0 Å². The topological polar surface area (TPSA) is 88.8 Å². The van der Waals surface area contributed by atoms with Gasteiger partial charge in [0.2, 0.25) is 5.91 Å². The normalized spacial score (nSPS) is 15.3. The van der Waals surface area contributed by atoms with Gasteiger partial charge in [-0.15, -0.1) is 15.3 Å². The number of fused-ring (bicyclic) bond motifs is 1. The first-order valence-electron chi connectivity index (χ1n) is 8.84. The van der Waals surface area contributed by atoms with Crippen molar-refractivity contribution in [3.05, 3.63) is 30.5 Å². The fourth-order valence-corrected chi connectivity index (χ4v) is 3.25. The Bertz CT molecular complexity index is 930. The molecule has 1 aliphatic rings. The van der Waals surface area contributed by atoms with Gasteiger partial charge in [0.25, 0.3) is 0 Å². The van der Waals surface area contributed by atoms with E-state index in [4.69, 9.17) is 0 Å². The molecule has 0 aliphatic carbocycles. The lowest BCUT2D eigenvalue weighted by Crippen LogP contribution is -2.37. The van der Waals surface area contributed by atoms with Crippen LogP contribution in [0.25, 0.3) is 22.2 Å². The number of benzene rings is 1. The van der Waals surface area contributed by atoms with Crippen LogP contribution in [0.1, 0.15) is 19.3 Å². The molecule has 1 fully saturated rings. The largest absolute Gasteiger partial charge is 0.308 e. The van der Waals surface area contributed by atoms with E-state index in [1.54, 1.807) is 4.68 Å². The average Bonchev–Trinajstić information content (AvgIpc) is 3.08. The number of amides is 1. The van der Waals surface area contributed by atoms with E-state index in [2.05, 4.69) is 30.7 Å². The number of likely N-dealkylation sites (tertiary alicyclic amines) is 1. The molecule has 2 aromatic heterocycles. The number of nitrogens with zero attached hydrogens (tertiary/aromatic N) is 6. The van der Waals surface area contributed by atoms with Crippen LogP contribution >= 0.6 is 0 Å². The maximum Gasteiger partial charge on any atom is 0.239 e. The molecular weight excluding hydrogens is 330 g/mol. The maximum absolute atomic E-state index is 12.3. The highest BCUT2D eigenvalue weighted by Crippen LogP contribution is 2.22. The fraction of sp³-hybridized carbons (Fsp3) is 0.389. The summed E-state index contributed by atoms with van der Waals surface area (Å²) in [6.45, 7) is 2.37. The van der Waals surface area contributed by atoms with Crippen molar-refractivity contribution in [3.8, 4) is 11.3 Å². The van der Waals surface area contributed by atoms with Crippen molar-refractivity contribution in [2.24, 2.45) is 7.05 Å². The molecule has 1 amide bonds. The Balaban J connectivity index is 1.51. The number of piperidine rings is 1. The number of hydrogen-bond donors (Lipinski definition) is 1. The smallest absolute Gasteiger partial charge is 0.239 e. The van der Waals surface area contributed by atoms with Crippen LogP contribution in [0.4, 0.5) is 5.82 Å². The second-order valence-electron chi connectivity index (χ2n) is 6.67. The van der Waals surface area contributed by atoms with E-state index in [1.807, 2.05) is 37.5 Å². The number of nitrogens with one attached hydrogen (secondary N) is 1. The molecule has 3 heterocycles. The van der Waals surface area contributed by atoms with Crippen molar-refractivity contribution in [1.82, 2.24) is 30.1 Å². The van der Waals surface area contributed by atoms with Crippen LogP contribution in [0.2, 0.25) is 0 Å². The Morgan fingerprint density at radius 1 is 1.12 bits per heavy atom. The van der Waals surface area contributed by atoms with E-state index in [0.29, 0.717) is 12.4 Å². The third-order valence-corrected chi connectivity index (χ3v) is 4.57. The Morgan fingerprint density at radius 2 is 1.96 bits per heavy atom. The van der Waals surface area contributed by atoms with Gasteiger partial charge in [-0.05, 0) is 44.1 Å². The molecule has 1 aliphatic heterocycles. The molecule has 0 saturated carbocycles. The van der Waals surface area contributed by atoms with Crippen LogP contribution in [0.5, 0.6) is 0 Å². The molecule has 26 heavy (non-hydrogen) atoms. The molecule has 0 atom stereocenters. The summed E-state index contributed by atoms with van der Waals surface area (Å²) in [6, 6.07) is 7.66. The molecule has 1 aromatic carbocycles. The molecule has 1 saturated heterocycles. The second kappa shape index (κ2) is 7.17. The van der Waals surface area contributed by atoms with Crippen molar-refractivity contribution < 1.29 is 4.79 Å². The zero-order valence-corrected chi connectivity index (χ0v) is 14.7. The van der Waals surface area contributed by atoms with Gasteiger partial charge in [0.15, 0.2) is 5.82 Å². The Morgan fingerprint density at radius 3 is 2.73 bits per heavy atom. The zero-order chi connectivity index (χ0) is 17.9. The van der Waals surface area contributed by atoms with Crippen molar-refractivity contribution in [2.75, 3.05) is 25.0 Å². The van der Waals surface area contributed by atoms with Gasteiger partial charge in [0.1, 0.15) is 5.69 Å². The summed E-state index contributed by atoms with van der Waals surface area (Å²) in [6.07, 6.45) is 5.43. The maximum atomic E-state index is 12.3. The summed E-state index contributed by atoms with van der Waals surface area (Å²) in [5.41, 5.74) is 2.51. The Labute approximate surface area is 151 Å². The van der Waals surface area contributed by atoms with Gasteiger partial charge in [-0.1, -0.05) is 17.7 Å². The van der Waals surface area contributed by atoms with Crippen molar-refractivity contribution in [3.63, 3.8) is 0 Å². The standard InChI is InChI=1S/C18H21N7O/c1-24-11-16(21-23-24)13-5-6-15-14(9-13)10-17(22-20-15)19-18(26)12-25-7-3-2-4-8-25/h5-6,9-11H,2-4,7-8,12H2,1H3,(H,19,22,26). The summed E-state index contributed by atoms with van der Waals surface area (Å²) in [5.74, 6) is 0.418. The molecule has 0 radical (unpaired) electrons. The number of aromatic nitrogens is 5. The monoisotopic (exact) mass is 351 g/mol. The third-order valence-electron chi connectivity index (χ3n) is 4.57. The van der Waals surface area contributed by atoms with Gasteiger partial charge in [-0.25, -0.2) is 0 Å². The summed E-state index contributed by atoms with van der Waals surface area (Å²) >= 11 is 0. The molecule has 0 unspecified atom stereocenters. The molecule has 8 nitrogen and oxygen atoms in total. The molecular formula is C18H21N7O. The summed E-state index contributed by atoms with van der Waals surface area (Å²) in [5, 5.41) is 20.2. The lowest BCUT2D eigenvalue weighted by Gasteiger charge is -2.25. The first kappa shape index (κ1) is 16.6. The first-order chi connectivity index (χ1) is 12.7. The minimum atomic E-state index is -0.0503. The van der Waals surface area contributed by atoms with Gasteiger partial charge in [-0.3, -0.25) is 14.4 Å². The number of hydrogen-bond acceptors (Lipinski definition) is 6. The lowest BCUT2D eigenvalue weighted by atomic mass is 10.1. The number of carbonyl (C=O) groups excluding carboxylic acids is 1. The quantitative estimate of drug-likeness (QED) is 0.772. The Hall–Kier alpha value is -2.87. The predicted octanol–water partition coefficient (Wildman–Crippen LogP) is 1.85. The van der Waals surface area contributed by atoms with Gasteiger partial charge < -0.3 is 5.32 Å². The minimum absolute atomic E-state index is 0.0503. The molecule has 8 heteroatoms. The van der Waals surface area contributed by atoms with E-state index in [1.165, 1.54) is 6.42 Å². The van der Waals surface area contributed by atoms with Crippen LogP contribution < -0.4 is 5.32 Å².